The number of nitrogens with one attached hydrogen (secondary N) is 1. The van der Waals surface area contributed by atoms with Crippen LogP contribution >= 0.6 is 0 Å². The number of aryl methyl sites for hydroxylation is 1. The average molecular weight is 471 g/mol. The van der Waals surface area contributed by atoms with Gasteiger partial charge >= 0.3 is 5.69 Å². The van der Waals surface area contributed by atoms with Gasteiger partial charge in [0.15, 0.2) is 0 Å². The molecule has 0 aliphatic rings. The molecule has 1 aromatic heterocycles. The van der Waals surface area contributed by atoms with Gasteiger partial charge in [0, 0.05) is 38.8 Å². The molecule has 35 heavy (non-hydrogen) atoms. The van der Waals surface area contributed by atoms with Gasteiger partial charge < -0.3 is 10.2 Å². The minimum atomic E-state index is -0.442. The van der Waals surface area contributed by atoms with Crippen LogP contribution in [0.25, 0.3) is 10.9 Å². The summed E-state index contributed by atoms with van der Waals surface area (Å²) in [5.74, 6) is -0.438. The summed E-state index contributed by atoms with van der Waals surface area (Å²) in [7, 11) is 4.98. The van der Waals surface area contributed by atoms with Crippen molar-refractivity contribution in [2.75, 3.05) is 14.1 Å². The van der Waals surface area contributed by atoms with E-state index in [0.29, 0.717) is 22.0 Å². The zero-order chi connectivity index (χ0) is 25.1. The topological polar surface area (TPSA) is 93.4 Å². The summed E-state index contributed by atoms with van der Waals surface area (Å²) in [6, 6.07) is 21.0. The summed E-state index contributed by atoms with van der Waals surface area (Å²) in [6.07, 6.45) is 0. The Labute approximate surface area is 202 Å². The lowest BCUT2D eigenvalue weighted by Crippen LogP contribution is -2.39. The molecule has 0 atom stereocenters. The molecule has 0 fully saturated rings. The lowest BCUT2D eigenvalue weighted by atomic mass is 10.1. The third kappa shape index (κ3) is 4.91. The summed E-state index contributed by atoms with van der Waals surface area (Å²) < 4.78 is 2.59. The van der Waals surface area contributed by atoms with Crippen molar-refractivity contribution in [1.29, 1.82) is 0 Å². The van der Waals surface area contributed by atoms with Crippen molar-refractivity contribution in [3.63, 3.8) is 0 Å². The number of aromatic nitrogens is 2. The molecule has 1 N–H and O–H groups in total. The predicted octanol–water partition coefficient (Wildman–Crippen LogP) is 2.38. The highest BCUT2D eigenvalue weighted by Gasteiger charge is 2.15. The molecule has 0 unspecified atom stereocenters. The monoisotopic (exact) mass is 470 g/mol. The maximum Gasteiger partial charge on any atom is 0.331 e. The van der Waals surface area contributed by atoms with Gasteiger partial charge in [0.25, 0.3) is 17.4 Å². The molecule has 0 radical (unpaired) electrons. The zero-order valence-corrected chi connectivity index (χ0v) is 19.8. The van der Waals surface area contributed by atoms with Gasteiger partial charge in [-0.15, -0.1) is 0 Å². The summed E-state index contributed by atoms with van der Waals surface area (Å²) in [5.41, 5.74) is 2.15. The zero-order valence-electron chi connectivity index (χ0n) is 19.8. The van der Waals surface area contributed by atoms with Crippen LogP contribution in [0.2, 0.25) is 0 Å². The van der Waals surface area contributed by atoms with E-state index in [4.69, 9.17) is 0 Å². The minimum absolute atomic E-state index is 0.0935. The first kappa shape index (κ1) is 23.7. The molecule has 8 nitrogen and oxygen atoms in total. The van der Waals surface area contributed by atoms with Crippen molar-refractivity contribution in [3.8, 4) is 0 Å². The molecule has 178 valence electrons. The molecule has 0 saturated carbocycles. The molecular weight excluding hydrogens is 444 g/mol. The Hall–Kier alpha value is -4.46. The molecule has 2 amide bonds. The van der Waals surface area contributed by atoms with Gasteiger partial charge in [0.05, 0.1) is 17.4 Å². The first-order valence-electron chi connectivity index (χ1n) is 11.1. The largest absolute Gasteiger partial charge is 0.348 e. The van der Waals surface area contributed by atoms with E-state index in [0.717, 1.165) is 11.1 Å². The average Bonchev–Trinajstić information content (AvgIpc) is 2.88. The van der Waals surface area contributed by atoms with Gasteiger partial charge in [-0.2, -0.15) is 0 Å². The smallest absolute Gasteiger partial charge is 0.331 e. The molecule has 4 aromatic rings. The van der Waals surface area contributed by atoms with E-state index in [1.165, 1.54) is 20.1 Å². The van der Waals surface area contributed by atoms with Crippen molar-refractivity contribution < 1.29 is 9.59 Å². The Bertz CT molecular complexity index is 1520. The first-order chi connectivity index (χ1) is 16.8. The summed E-state index contributed by atoms with van der Waals surface area (Å²) in [5, 5.41) is 3.13. The van der Waals surface area contributed by atoms with Crippen LogP contribution in [0.1, 0.15) is 31.8 Å². The van der Waals surface area contributed by atoms with Gasteiger partial charge in [0.1, 0.15) is 0 Å². The lowest BCUT2D eigenvalue weighted by molar-refractivity contribution is 0.0827. The number of carbonyl (C=O) groups is 2. The Morgan fingerprint density at radius 2 is 1.51 bits per heavy atom. The molecular formula is C27H26N4O4. The second-order valence-corrected chi connectivity index (χ2v) is 8.53. The Morgan fingerprint density at radius 1 is 0.857 bits per heavy atom. The van der Waals surface area contributed by atoms with Crippen LogP contribution in [0.4, 0.5) is 0 Å². The van der Waals surface area contributed by atoms with Gasteiger partial charge in [-0.25, -0.2) is 4.79 Å². The normalized spacial score (nSPS) is 10.8. The molecule has 1 heterocycles. The van der Waals surface area contributed by atoms with E-state index in [1.807, 2.05) is 30.3 Å². The second-order valence-electron chi connectivity index (χ2n) is 8.53. The van der Waals surface area contributed by atoms with Gasteiger partial charge in [-0.1, -0.05) is 42.5 Å². The lowest BCUT2D eigenvalue weighted by Gasteiger charge is -2.12. The molecule has 0 aliphatic heterocycles. The number of carbonyl (C=O) groups excluding carboxylic acids is 2. The minimum Gasteiger partial charge on any atom is -0.348 e. The van der Waals surface area contributed by atoms with Crippen molar-refractivity contribution >= 4 is 22.7 Å². The number of amides is 2. The summed E-state index contributed by atoms with van der Waals surface area (Å²) in [6.45, 7) is 0.407. The first-order valence-corrected chi connectivity index (χ1v) is 11.1. The van der Waals surface area contributed by atoms with Crippen LogP contribution in [0.3, 0.4) is 0 Å². The maximum atomic E-state index is 13.2. The van der Waals surface area contributed by atoms with E-state index in [-0.39, 0.29) is 24.9 Å². The number of rotatable bonds is 6. The fourth-order valence-corrected chi connectivity index (χ4v) is 3.87. The number of hydrogen-bond acceptors (Lipinski definition) is 4. The second kappa shape index (κ2) is 9.80. The van der Waals surface area contributed by atoms with Crippen LogP contribution in [-0.4, -0.2) is 39.9 Å². The van der Waals surface area contributed by atoms with Crippen molar-refractivity contribution in [2.24, 2.45) is 7.05 Å². The SMILES string of the molecule is CN(C)C(=O)c1ccc(CNC(=O)c2ccc3c(c2)c(=O)n(Cc2ccccc2)c(=O)n3C)cc1. The van der Waals surface area contributed by atoms with Crippen molar-refractivity contribution in [2.45, 2.75) is 13.1 Å². The number of benzene rings is 3. The van der Waals surface area contributed by atoms with E-state index in [9.17, 15) is 19.2 Å². The van der Waals surface area contributed by atoms with Crippen LogP contribution in [0.15, 0.2) is 82.4 Å². The predicted molar refractivity (Wildman–Crippen MR) is 135 cm³/mol. The molecule has 0 spiro atoms. The molecule has 0 bridgehead atoms. The highest BCUT2D eigenvalue weighted by atomic mass is 16.2. The maximum absolute atomic E-state index is 13.2. The molecule has 0 aliphatic carbocycles. The van der Waals surface area contributed by atoms with Gasteiger partial charge in [-0.05, 0) is 41.5 Å². The van der Waals surface area contributed by atoms with E-state index < -0.39 is 11.2 Å². The number of hydrogen-bond donors (Lipinski definition) is 1. The third-order valence-electron chi connectivity index (χ3n) is 5.86. The van der Waals surface area contributed by atoms with E-state index in [1.54, 1.807) is 57.5 Å². The summed E-state index contributed by atoms with van der Waals surface area (Å²) >= 11 is 0. The fourth-order valence-electron chi connectivity index (χ4n) is 3.87. The van der Waals surface area contributed by atoms with Gasteiger partial charge in [-0.3, -0.25) is 23.5 Å². The van der Waals surface area contributed by atoms with Crippen LogP contribution in [-0.2, 0) is 20.1 Å². The van der Waals surface area contributed by atoms with Gasteiger partial charge in [0.2, 0.25) is 0 Å². The quantitative estimate of drug-likeness (QED) is 0.468. The Balaban J connectivity index is 1.58. The van der Waals surface area contributed by atoms with Crippen LogP contribution < -0.4 is 16.6 Å². The van der Waals surface area contributed by atoms with Crippen LogP contribution in [0, 0.1) is 0 Å². The number of fused-ring (bicyclic) bond motifs is 1. The summed E-state index contributed by atoms with van der Waals surface area (Å²) in [4.78, 5) is 52.3. The third-order valence-corrected chi connectivity index (χ3v) is 5.86. The standard InChI is InChI=1S/C27H26N4O4/c1-29(2)25(33)20-11-9-18(10-12-20)16-28-24(32)21-13-14-23-22(15-21)26(34)31(27(35)30(23)3)17-19-7-5-4-6-8-19/h4-15H,16-17H2,1-3H3,(H,28,32). The Kier molecular flexibility index (Phi) is 6.64. The molecule has 4 rings (SSSR count). The highest BCUT2D eigenvalue weighted by Crippen LogP contribution is 2.12. The fraction of sp³-hybridized carbons (Fsp3) is 0.185. The van der Waals surface area contributed by atoms with Crippen molar-refractivity contribution in [3.05, 3.63) is 116 Å². The van der Waals surface area contributed by atoms with Crippen molar-refractivity contribution in [1.82, 2.24) is 19.4 Å². The molecule has 0 saturated heterocycles. The van der Waals surface area contributed by atoms with E-state index in [2.05, 4.69) is 5.32 Å². The van der Waals surface area contributed by atoms with Crippen LogP contribution in [0.5, 0.6) is 0 Å². The molecule has 8 heteroatoms. The Morgan fingerprint density at radius 3 is 2.17 bits per heavy atom. The van der Waals surface area contributed by atoms with E-state index >= 15 is 0 Å². The highest BCUT2D eigenvalue weighted by molar-refractivity contribution is 5.98. The molecule has 3 aromatic carbocycles. The number of nitrogens with zero attached hydrogens (tertiary/aromatic N) is 3.